The van der Waals surface area contributed by atoms with Crippen LogP contribution in [0.15, 0.2) is 0 Å². The predicted molar refractivity (Wildman–Crippen MR) is 77.5 cm³/mol. The van der Waals surface area contributed by atoms with Gasteiger partial charge in [0.05, 0.1) is 18.6 Å². The van der Waals surface area contributed by atoms with Gasteiger partial charge in [-0.25, -0.2) is 9.97 Å². The summed E-state index contributed by atoms with van der Waals surface area (Å²) in [6, 6.07) is 0. The average Bonchev–Trinajstić information content (AvgIpc) is 2.65. The van der Waals surface area contributed by atoms with Crippen LogP contribution in [0.4, 0.5) is 5.82 Å². The van der Waals surface area contributed by atoms with Crippen molar-refractivity contribution >= 4 is 27.4 Å². The molecule has 0 atom stereocenters. The van der Waals surface area contributed by atoms with Gasteiger partial charge in [-0.3, -0.25) is 0 Å². The molecule has 2 heterocycles. The van der Waals surface area contributed by atoms with Gasteiger partial charge in [0.25, 0.3) is 0 Å². The SMILES string of the molecule is CCOCCOCc1nc(N)c2c(C)c(C)sc2n1. The Morgan fingerprint density at radius 2 is 1.89 bits per heavy atom. The quantitative estimate of drug-likeness (QED) is 0.823. The van der Waals surface area contributed by atoms with E-state index in [4.69, 9.17) is 15.2 Å². The molecule has 2 aromatic rings. The van der Waals surface area contributed by atoms with E-state index in [-0.39, 0.29) is 0 Å². The molecular weight excluding hydrogens is 262 g/mol. The highest BCUT2D eigenvalue weighted by atomic mass is 32.1. The smallest absolute Gasteiger partial charge is 0.158 e. The van der Waals surface area contributed by atoms with Crippen molar-refractivity contribution in [1.29, 1.82) is 0 Å². The highest BCUT2D eigenvalue weighted by molar-refractivity contribution is 7.18. The van der Waals surface area contributed by atoms with E-state index in [0.29, 0.717) is 38.1 Å². The lowest BCUT2D eigenvalue weighted by Gasteiger charge is -2.05. The zero-order valence-electron chi connectivity index (χ0n) is 11.5. The van der Waals surface area contributed by atoms with Crippen LogP contribution in [0.3, 0.4) is 0 Å². The Hall–Kier alpha value is -1.24. The maximum atomic E-state index is 6.00. The number of fused-ring (bicyclic) bond motifs is 1. The topological polar surface area (TPSA) is 70.3 Å². The Kier molecular flexibility index (Phi) is 4.68. The standard InChI is InChI=1S/C13H19N3O2S/c1-4-17-5-6-18-7-10-15-12(14)11-8(2)9(3)19-13(11)16-10/h4-7H2,1-3H3,(H2,14,15,16). The van der Waals surface area contributed by atoms with Gasteiger partial charge in [-0.2, -0.15) is 0 Å². The summed E-state index contributed by atoms with van der Waals surface area (Å²) in [6.45, 7) is 8.27. The lowest BCUT2D eigenvalue weighted by atomic mass is 10.2. The molecule has 0 aromatic carbocycles. The lowest BCUT2D eigenvalue weighted by Crippen LogP contribution is -2.07. The van der Waals surface area contributed by atoms with Crippen LogP contribution in [0.5, 0.6) is 0 Å². The summed E-state index contributed by atoms with van der Waals surface area (Å²) in [5, 5.41) is 0.973. The Morgan fingerprint density at radius 3 is 2.63 bits per heavy atom. The Balaban J connectivity index is 2.08. The van der Waals surface area contributed by atoms with E-state index in [1.54, 1.807) is 11.3 Å². The number of nitrogen functional groups attached to an aromatic ring is 1. The molecule has 6 heteroatoms. The number of thiophene rings is 1. The zero-order valence-corrected chi connectivity index (χ0v) is 12.3. The van der Waals surface area contributed by atoms with Crippen molar-refractivity contribution in [3.8, 4) is 0 Å². The molecular formula is C13H19N3O2S. The van der Waals surface area contributed by atoms with E-state index < -0.39 is 0 Å². The molecule has 2 aromatic heterocycles. The summed E-state index contributed by atoms with van der Waals surface area (Å²) in [6.07, 6.45) is 0. The van der Waals surface area contributed by atoms with Crippen LogP contribution < -0.4 is 5.73 Å². The van der Waals surface area contributed by atoms with Gasteiger partial charge in [0, 0.05) is 11.5 Å². The molecule has 0 amide bonds. The van der Waals surface area contributed by atoms with E-state index >= 15 is 0 Å². The van der Waals surface area contributed by atoms with E-state index in [2.05, 4.69) is 16.9 Å². The number of hydrogen-bond donors (Lipinski definition) is 1. The van der Waals surface area contributed by atoms with Gasteiger partial charge in [-0.05, 0) is 26.3 Å². The third-order valence-corrected chi connectivity index (χ3v) is 4.01. The number of aromatic nitrogens is 2. The van der Waals surface area contributed by atoms with Crippen LogP contribution in [0, 0.1) is 13.8 Å². The third-order valence-electron chi connectivity index (χ3n) is 2.91. The van der Waals surface area contributed by atoms with Crippen molar-refractivity contribution in [2.24, 2.45) is 0 Å². The van der Waals surface area contributed by atoms with Crippen molar-refractivity contribution in [3.05, 3.63) is 16.3 Å². The van der Waals surface area contributed by atoms with Gasteiger partial charge in [-0.15, -0.1) is 11.3 Å². The lowest BCUT2D eigenvalue weighted by molar-refractivity contribution is 0.0430. The molecule has 0 aliphatic rings. The maximum absolute atomic E-state index is 6.00. The Morgan fingerprint density at radius 1 is 1.16 bits per heavy atom. The minimum atomic E-state index is 0.364. The van der Waals surface area contributed by atoms with E-state index in [9.17, 15) is 0 Å². The summed E-state index contributed by atoms with van der Waals surface area (Å²) in [5.74, 6) is 1.16. The fourth-order valence-electron chi connectivity index (χ4n) is 1.82. The van der Waals surface area contributed by atoms with Gasteiger partial charge in [-0.1, -0.05) is 0 Å². The maximum Gasteiger partial charge on any atom is 0.158 e. The van der Waals surface area contributed by atoms with Crippen LogP contribution in [0.2, 0.25) is 0 Å². The minimum Gasteiger partial charge on any atom is -0.383 e. The first-order valence-corrected chi connectivity index (χ1v) is 7.12. The van der Waals surface area contributed by atoms with Gasteiger partial charge < -0.3 is 15.2 Å². The molecule has 0 aliphatic heterocycles. The van der Waals surface area contributed by atoms with Crippen LogP contribution in [-0.4, -0.2) is 29.8 Å². The highest BCUT2D eigenvalue weighted by Gasteiger charge is 2.12. The summed E-state index contributed by atoms with van der Waals surface area (Å²) < 4.78 is 10.7. The summed E-state index contributed by atoms with van der Waals surface area (Å²) >= 11 is 1.64. The van der Waals surface area contributed by atoms with Gasteiger partial charge >= 0.3 is 0 Å². The van der Waals surface area contributed by atoms with Crippen LogP contribution >= 0.6 is 11.3 Å². The minimum absolute atomic E-state index is 0.364. The zero-order chi connectivity index (χ0) is 13.8. The summed E-state index contributed by atoms with van der Waals surface area (Å²) in [7, 11) is 0. The van der Waals surface area contributed by atoms with Crippen molar-refractivity contribution < 1.29 is 9.47 Å². The Bertz CT molecular complexity index is 569. The van der Waals surface area contributed by atoms with Crippen LogP contribution in [0.25, 0.3) is 10.2 Å². The molecule has 0 saturated carbocycles. The van der Waals surface area contributed by atoms with Crippen molar-refractivity contribution in [3.63, 3.8) is 0 Å². The van der Waals surface area contributed by atoms with Crippen molar-refractivity contribution in [2.45, 2.75) is 27.4 Å². The van der Waals surface area contributed by atoms with Gasteiger partial charge in [0.1, 0.15) is 17.3 Å². The normalized spacial score (nSPS) is 11.3. The second kappa shape index (κ2) is 6.27. The molecule has 0 radical (unpaired) electrons. The summed E-state index contributed by atoms with van der Waals surface area (Å²) in [5.41, 5.74) is 7.17. The number of ether oxygens (including phenoxy) is 2. The first-order chi connectivity index (χ1) is 9.13. The average molecular weight is 281 g/mol. The van der Waals surface area contributed by atoms with E-state index in [1.165, 1.54) is 10.4 Å². The molecule has 0 unspecified atom stereocenters. The fourth-order valence-corrected chi connectivity index (χ4v) is 2.87. The van der Waals surface area contributed by atoms with Gasteiger partial charge in [0.2, 0.25) is 0 Å². The number of nitrogens with zero attached hydrogens (tertiary/aromatic N) is 2. The molecule has 2 rings (SSSR count). The number of hydrogen-bond acceptors (Lipinski definition) is 6. The Labute approximate surface area is 116 Å². The molecule has 0 aliphatic carbocycles. The summed E-state index contributed by atoms with van der Waals surface area (Å²) in [4.78, 5) is 11.0. The largest absolute Gasteiger partial charge is 0.383 e. The number of aryl methyl sites for hydroxylation is 2. The molecule has 5 nitrogen and oxygen atoms in total. The second-order valence-electron chi connectivity index (χ2n) is 4.24. The van der Waals surface area contributed by atoms with E-state index in [0.717, 1.165) is 10.2 Å². The molecule has 0 saturated heterocycles. The van der Waals surface area contributed by atoms with Crippen molar-refractivity contribution in [2.75, 3.05) is 25.6 Å². The van der Waals surface area contributed by atoms with Crippen molar-refractivity contribution in [1.82, 2.24) is 9.97 Å². The number of nitrogens with two attached hydrogens (primary N) is 1. The number of anilines is 1. The fraction of sp³-hybridized carbons (Fsp3) is 0.538. The van der Waals surface area contributed by atoms with Crippen LogP contribution in [-0.2, 0) is 16.1 Å². The highest BCUT2D eigenvalue weighted by Crippen LogP contribution is 2.31. The molecule has 0 fully saturated rings. The molecule has 104 valence electrons. The predicted octanol–water partition coefficient (Wildman–Crippen LogP) is 2.44. The van der Waals surface area contributed by atoms with E-state index in [1.807, 2.05) is 13.8 Å². The first kappa shape index (κ1) is 14.2. The second-order valence-corrected chi connectivity index (χ2v) is 5.44. The molecule has 19 heavy (non-hydrogen) atoms. The first-order valence-electron chi connectivity index (χ1n) is 6.31. The monoisotopic (exact) mass is 281 g/mol. The molecule has 0 spiro atoms. The van der Waals surface area contributed by atoms with Gasteiger partial charge in [0.15, 0.2) is 5.82 Å². The molecule has 2 N–H and O–H groups in total. The van der Waals surface area contributed by atoms with Crippen LogP contribution in [0.1, 0.15) is 23.2 Å². The number of rotatable bonds is 6. The third kappa shape index (κ3) is 3.20. The molecule has 0 bridgehead atoms.